The van der Waals surface area contributed by atoms with E-state index < -0.39 is 18.4 Å². The lowest BCUT2D eigenvalue weighted by Gasteiger charge is -2.32. The number of piperidine rings is 1. The molecule has 2 rings (SSSR count). The van der Waals surface area contributed by atoms with Crippen LogP contribution in [0, 0.1) is 0 Å². The van der Waals surface area contributed by atoms with Gasteiger partial charge >= 0.3 is 12.3 Å². The summed E-state index contributed by atoms with van der Waals surface area (Å²) in [5, 5.41) is 0. The molecule has 0 aromatic heterocycles. The number of ether oxygens (including phenoxy) is 4. The van der Waals surface area contributed by atoms with E-state index in [0.29, 0.717) is 44.0 Å². The maximum Gasteiger partial charge on any atom is 0.522 e. The summed E-state index contributed by atoms with van der Waals surface area (Å²) >= 11 is 0. The van der Waals surface area contributed by atoms with Gasteiger partial charge in [-0.05, 0) is 30.5 Å². The Hall–Kier alpha value is -2.00. The smallest absolute Gasteiger partial charge is 0.493 e. The first kappa shape index (κ1) is 20.3. The van der Waals surface area contributed by atoms with Crippen LogP contribution in [0.5, 0.6) is 11.5 Å². The standard InChI is InChI=1S/C17H22F3NO5/c1-23-15-9-12(3-4-14(15)25-11-16(22)24-2)10-21-7-5-13(6-8-21)26-17(18,19)20/h3-4,9,13H,5-8,10-11H2,1-2H3. The highest BCUT2D eigenvalue weighted by atomic mass is 19.4. The van der Waals surface area contributed by atoms with Crippen LogP contribution in [0.15, 0.2) is 18.2 Å². The lowest BCUT2D eigenvalue weighted by molar-refractivity contribution is -0.345. The van der Waals surface area contributed by atoms with Crippen LogP contribution in [0.3, 0.4) is 0 Å². The fourth-order valence-electron chi connectivity index (χ4n) is 2.76. The summed E-state index contributed by atoms with van der Waals surface area (Å²) in [4.78, 5) is 13.2. The Morgan fingerprint density at radius 1 is 1.19 bits per heavy atom. The average Bonchev–Trinajstić information content (AvgIpc) is 2.60. The molecule has 1 aromatic rings. The molecule has 0 spiro atoms. The van der Waals surface area contributed by atoms with Crippen molar-refractivity contribution in [3.05, 3.63) is 23.8 Å². The highest BCUT2D eigenvalue weighted by molar-refractivity contribution is 5.71. The lowest BCUT2D eigenvalue weighted by atomic mass is 10.1. The maximum absolute atomic E-state index is 12.3. The molecule has 1 aromatic carbocycles. The fourth-order valence-corrected chi connectivity index (χ4v) is 2.76. The molecule has 1 fully saturated rings. The average molecular weight is 377 g/mol. The molecule has 26 heavy (non-hydrogen) atoms. The molecule has 0 aliphatic carbocycles. The van der Waals surface area contributed by atoms with Crippen molar-refractivity contribution in [3.8, 4) is 11.5 Å². The number of rotatable bonds is 7. The van der Waals surface area contributed by atoms with Crippen molar-refractivity contribution in [2.24, 2.45) is 0 Å². The molecular formula is C17H22F3NO5. The number of nitrogens with zero attached hydrogens (tertiary/aromatic N) is 1. The molecule has 0 N–H and O–H groups in total. The molecule has 6 nitrogen and oxygen atoms in total. The quantitative estimate of drug-likeness (QED) is 0.681. The Bertz CT molecular complexity index is 601. The van der Waals surface area contributed by atoms with Crippen LogP contribution >= 0.6 is 0 Å². The summed E-state index contributed by atoms with van der Waals surface area (Å²) in [6.45, 7) is 1.39. The van der Waals surface area contributed by atoms with Crippen LogP contribution in [0.4, 0.5) is 13.2 Å². The van der Waals surface area contributed by atoms with Gasteiger partial charge in [0.2, 0.25) is 0 Å². The number of likely N-dealkylation sites (tertiary alicyclic amines) is 1. The first-order valence-electron chi connectivity index (χ1n) is 8.14. The van der Waals surface area contributed by atoms with E-state index in [1.807, 2.05) is 6.07 Å². The van der Waals surface area contributed by atoms with E-state index in [1.165, 1.54) is 14.2 Å². The highest BCUT2D eigenvalue weighted by Gasteiger charge is 2.34. The summed E-state index contributed by atoms with van der Waals surface area (Å²) in [5.41, 5.74) is 0.933. The molecule has 0 amide bonds. The van der Waals surface area contributed by atoms with Gasteiger partial charge in [-0.1, -0.05) is 6.07 Å². The van der Waals surface area contributed by atoms with Crippen molar-refractivity contribution >= 4 is 5.97 Å². The Labute approximate surface area is 149 Å². The van der Waals surface area contributed by atoms with Gasteiger partial charge < -0.3 is 14.2 Å². The molecule has 0 bridgehead atoms. The van der Waals surface area contributed by atoms with Gasteiger partial charge in [0.1, 0.15) is 0 Å². The largest absolute Gasteiger partial charge is 0.522 e. The molecule has 1 heterocycles. The van der Waals surface area contributed by atoms with Crippen molar-refractivity contribution in [2.75, 3.05) is 33.9 Å². The zero-order chi connectivity index (χ0) is 19.2. The third-order valence-electron chi connectivity index (χ3n) is 4.04. The second-order valence-corrected chi connectivity index (χ2v) is 5.89. The number of carbonyl (C=O) groups excluding carboxylic acids is 1. The molecule has 146 valence electrons. The van der Waals surface area contributed by atoms with Gasteiger partial charge in [-0.15, -0.1) is 13.2 Å². The van der Waals surface area contributed by atoms with Gasteiger partial charge in [-0.2, -0.15) is 0 Å². The van der Waals surface area contributed by atoms with Crippen LogP contribution in [0.25, 0.3) is 0 Å². The third-order valence-corrected chi connectivity index (χ3v) is 4.04. The van der Waals surface area contributed by atoms with E-state index in [2.05, 4.69) is 14.4 Å². The molecule has 1 aliphatic rings. The number of carbonyl (C=O) groups is 1. The molecule has 9 heteroatoms. The number of esters is 1. The summed E-state index contributed by atoms with van der Waals surface area (Å²) in [6.07, 6.45) is -4.70. The van der Waals surface area contributed by atoms with Crippen LogP contribution in [0.2, 0.25) is 0 Å². The second kappa shape index (κ2) is 9.09. The molecule has 0 radical (unpaired) electrons. The minimum absolute atomic E-state index is 0.223. The van der Waals surface area contributed by atoms with Crippen LogP contribution in [0.1, 0.15) is 18.4 Å². The van der Waals surface area contributed by atoms with E-state index in [1.54, 1.807) is 12.1 Å². The van der Waals surface area contributed by atoms with Crippen molar-refractivity contribution in [1.29, 1.82) is 0 Å². The van der Waals surface area contributed by atoms with Crippen LogP contribution in [-0.4, -0.2) is 57.3 Å². The van der Waals surface area contributed by atoms with Gasteiger partial charge in [-0.25, -0.2) is 4.79 Å². The number of hydrogen-bond acceptors (Lipinski definition) is 6. The van der Waals surface area contributed by atoms with Crippen molar-refractivity contribution in [2.45, 2.75) is 31.9 Å². The van der Waals surface area contributed by atoms with Gasteiger partial charge in [0.15, 0.2) is 18.1 Å². The monoisotopic (exact) mass is 377 g/mol. The summed E-state index contributed by atoms with van der Waals surface area (Å²) in [5.74, 6) is 0.390. The normalized spacial score (nSPS) is 16.3. The Morgan fingerprint density at radius 3 is 2.46 bits per heavy atom. The molecule has 1 saturated heterocycles. The molecule has 0 saturated carbocycles. The predicted octanol–water partition coefficient (Wildman–Crippen LogP) is 2.75. The Morgan fingerprint density at radius 2 is 1.88 bits per heavy atom. The topological polar surface area (TPSA) is 57.2 Å². The zero-order valence-electron chi connectivity index (χ0n) is 14.7. The summed E-state index contributed by atoms with van der Waals surface area (Å²) < 4.78 is 56.0. The molecular weight excluding hydrogens is 355 g/mol. The molecule has 1 aliphatic heterocycles. The van der Waals surface area contributed by atoms with Crippen molar-refractivity contribution in [1.82, 2.24) is 4.90 Å². The number of hydrogen-bond donors (Lipinski definition) is 0. The highest BCUT2D eigenvalue weighted by Crippen LogP contribution is 2.29. The van der Waals surface area contributed by atoms with E-state index in [0.717, 1.165) is 5.56 Å². The lowest BCUT2D eigenvalue weighted by Crippen LogP contribution is -2.38. The third kappa shape index (κ3) is 6.38. The first-order valence-corrected chi connectivity index (χ1v) is 8.14. The van der Waals surface area contributed by atoms with E-state index >= 15 is 0 Å². The van der Waals surface area contributed by atoms with E-state index in [-0.39, 0.29) is 6.61 Å². The number of methoxy groups -OCH3 is 2. The van der Waals surface area contributed by atoms with Crippen molar-refractivity contribution < 1.29 is 36.9 Å². The molecule has 0 unspecified atom stereocenters. The van der Waals surface area contributed by atoms with Gasteiger partial charge in [-0.3, -0.25) is 9.64 Å². The SMILES string of the molecule is COC(=O)COc1ccc(CN2CCC(OC(F)(F)F)CC2)cc1OC. The molecule has 0 atom stereocenters. The van der Waals surface area contributed by atoms with Gasteiger partial charge in [0, 0.05) is 19.6 Å². The fraction of sp³-hybridized carbons (Fsp3) is 0.588. The minimum atomic E-state index is -4.58. The number of halogens is 3. The Balaban J connectivity index is 1.89. The predicted molar refractivity (Wildman–Crippen MR) is 85.9 cm³/mol. The van der Waals surface area contributed by atoms with E-state index in [9.17, 15) is 18.0 Å². The van der Waals surface area contributed by atoms with Crippen molar-refractivity contribution in [3.63, 3.8) is 0 Å². The summed E-state index contributed by atoms with van der Waals surface area (Å²) in [7, 11) is 2.76. The Kier molecular flexibility index (Phi) is 7.10. The van der Waals surface area contributed by atoms with Gasteiger partial charge in [0.05, 0.1) is 20.3 Å². The van der Waals surface area contributed by atoms with Crippen LogP contribution in [-0.2, 0) is 20.8 Å². The van der Waals surface area contributed by atoms with Crippen LogP contribution < -0.4 is 9.47 Å². The number of alkyl halides is 3. The number of benzene rings is 1. The first-order chi connectivity index (χ1) is 12.3. The zero-order valence-corrected chi connectivity index (χ0v) is 14.7. The van der Waals surface area contributed by atoms with E-state index in [4.69, 9.17) is 9.47 Å². The second-order valence-electron chi connectivity index (χ2n) is 5.89. The minimum Gasteiger partial charge on any atom is -0.493 e. The van der Waals surface area contributed by atoms with Gasteiger partial charge in [0.25, 0.3) is 0 Å². The summed E-state index contributed by atoms with van der Waals surface area (Å²) in [6, 6.07) is 5.30. The maximum atomic E-state index is 12.3.